The summed E-state index contributed by atoms with van der Waals surface area (Å²) in [6.07, 6.45) is 7.42. The van der Waals surface area contributed by atoms with E-state index in [2.05, 4.69) is 6.92 Å². The zero-order chi connectivity index (χ0) is 8.40. The molecule has 4 saturated carbocycles. The molecule has 0 aromatic carbocycles. The van der Waals surface area contributed by atoms with E-state index < -0.39 is 0 Å². The Morgan fingerprint density at radius 3 is 2.83 bits per heavy atom. The van der Waals surface area contributed by atoms with Crippen molar-refractivity contribution < 1.29 is 4.79 Å². The number of rotatable bonds is 0. The fourth-order valence-corrected chi connectivity index (χ4v) is 4.46. The molecule has 1 nitrogen and oxygen atoms in total. The molecule has 4 rings (SSSR count). The van der Waals surface area contributed by atoms with Gasteiger partial charge < -0.3 is 0 Å². The first-order valence-corrected chi connectivity index (χ1v) is 5.19. The number of hydrogen-bond donors (Lipinski definition) is 0. The summed E-state index contributed by atoms with van der Waals surface area (Å²) in [5, 5.41) is 0. The van der Waals surface area contributed by atoms with Crippen LogP contribution in [0.5, 0.6) is 0 Å². The monoisotopic (exact) mass is 164 g/mol. The SMILES string of the molecule is CC12CCC3(CCCC(=O)C13)C2. The van der Waals surface area contributed by atoms with Crippen molar-refractivity contribution in [3.05, 3.63) is 0 Å². The molecule has 0 aromatic heterocycles. The normalized spacial score (nSPS) is 56.4. The molecule has 0 radical (unpaired) electrons. The van der Waals surface area contributed by atoms with Gasteiger partial charge in [0.2, 0.25) is 0 Å². The Kier molecular flexibility index (Phi) is 1.06. The van der Waals surface area contributed by atoms with E-state index in [4.69, 9.17) is 0 Å². The van der Waals surface area contributed by atoms with Crippen molar-refractivity contribution in [2.45, 2.75) is 45.4 Å². The number of fused-ring (bicyclic) bond motifs is 1. The summed E-state index contributed by atoms with van der Waals surface area (Å²) < 4.78 is 0. The topological polar surface area (TPSA) is 17.1 Å². The summed E-state index contributed by atoms with van der Waals surface area (Å²) in [6.45, 7) is 2.33. The highest BCUT2D eigenvalue weighted by atomic mass is 16.1. The van der Waals surface area contributed by atoms with E-state index in [1.807, 2.05) is 0 Å². The molecule has 0 saturated heterocycles. The largest absolute Gasteiger partial charge is 0.299 e. The molecule has 66 valence electrons. The minimum atomic E-state index is 0.442. The van der Waals surface area contributed by atoms with Crippen molar-refractivity contribution in [1.82, 2.24) is 0 Å². The van der Waals surface area contributed by atoms with Crippen LogP contribution in [0.2, 0.25) is 0 Å². The molecule has 3 atom stereocenters. The maximum atomic E-state index is 11.7. The summed E-state index contributed by atoms with van der Waals surface area (Å²) in [5.41, 5.74) is 0.960. The predicted octanol–water partition coefficient (Wildman–Crippen LogP) is 2.55. The smallest absolute Gasteiger partial charge is 0.137 e. The molecule has 0 heterocycles. The van der Waals surface area contributed by atoms with Crippen LogP contribution in [-0.4, -0.2) is 5.78 Å². The van der Waals surface area contributed by atoms with Crippen molar-refractivity contribution in [2.24, 2.45) is 16.7 Å². The second kappa shape index (κ2) is 1.78. The van der Waals surface area contributed by atoms with Crippen LogP contribution in [0.3, 0.4) is 0 Å². The molecule has 1 heteroatoms. The first kappa shape index (κ1) is 7.11. The van der Waals surface area contributed by atoms with Crippen LogP contribution in [0.4, 0.5) is 0 Å². The zero-order valence-electron chi connectivity index (χ0n) is 7.73. The third-order valence-corrected chi connectivity index (χ3v) is 4.68. The Morgan fingerprint density at radius 1 is 1.33 bits per heavy atom. The summed E-state index contributed by atoms with van der Waals surface area (Å²) in [7, 11) is 0. The maximum Gasteiger partial charge on any atom is 0.137 e. The van der Waals surface area contributed by atoms with E-state index in [-0.39, 0.29) is 0 Å². The number of hydrogen-bond acceptors (Lipinski definition) is 1. The second-order valence-corrected chi connectivity index (χ2v) is 5.45. The maximum absolute atomic E-state index is 11.7. The van der Waals surface area contributed by atoms with Gasteiger partial charge in [-0.2, -0.15) is 0 Å². The van der Waals surface area contributed by atoms with E-state index in [9.17, 15) is 4.79 Å². The lowest BCUT2D eigenvalue weighted by molar-refractivity contribution is -0.149. The Morgan fingerprint density at radius 2 is 2.17 bits per heavy atom. The first-order valence-electron chi connectivity index (χ1n) is 5.19. The number of carbonyl (C=O) groups excluding carboxylic acids is 1. The van der Waals surface area contributed by atoms with Gasteiger partial charge in [-0.3, -0.25) is 4.79 Å². The third kappa shape index (κ3) is 0.571. The summed E-state index contributed by atoms with van der Waals surface area (Å²) in [5.74, 6) is 1.08. The van der Waals surface area contributed by atoms with Crippen molar-refractivity contribution in [1.29, 1.82) is 0 Å². The second-order valence-electron chi connectivity index (χ2n) is 5.45. The molecule has 0 amide bonds. The van der Waals surface area contributed by atoms with Gasteiger partial charge in [-0.25, -0.2) is 0 Å². The fraction of sp³-hybridized carbons (Fsp3) is 0.909. The van der Waals surface area contributed by atoms with Gasteiger partial charge in [-0.1, -0.05) is 6.92 Å². The Bertz CT molecular complexity index is 254. The molecule has 1 spiro atoms. The van der Waals surface area contributed by atoms with Gasteiger partial charge in [-0.05, 0) is 42.9 Å². The molecule has 3 unspecified atom stereocenters. The van der Waals surface area contributed by atoms with E-state index in [0.717, 1.165) is 6.42 Å². The van der Waals surface area contributed by atoms with Crippen LogP contribution in [0.25, 0.3) is 0 Å². The fourth-order valence-electron chi connectivity index (χ4n) is 4.46. The molecule has 0 aromatic rings. The van der Waals surface area contributed by atoms with Gasteiger partial charge in [-0.15, -0.1) is 0 Å². The van der Waals surface area contributed by atoms with Gasteiger partial charge in [0.25, 0.3) is 0 Å². The Balaban J connectivity index is 2.01. The summed E-state index contributed by atoms with van der Waals surface area (Å²) in [6, 6.07) is 0. The summed E-state index contributed by atoms with van der Waals surface area (Å²) in [4.78, 5) is 11.7. The van der Waals surface area contributed by atoms with Gasteiger partial charge in [0.15, 0.2) is 0 Å². The number of ketones is 1. The standard InChI is InChI=1S/C11H16O/c1-10-5-6-11(7-10)4-2-3-8(12)9(10)11/h9H,2-7H2,1H3. The number of Topliss-reactive ketones (excluding diaryl/α,β-unsaturated/α-hetero) is 1. The minimum Gasteiger partial charge on any atom is -0.299 e. The van der Waals surface area contributed by atoms with Crippen molar-refractivity contribution in [3.8, 4) is 0 Å². The van der Waals surface area contributed by atoms with E-state index >= 15 is 0 Å². The Labute approximate surface area is 73.5 Å². The molecule has 4 aliphatic rings. The van der Waals surface area contributed by atoms with E-state index in [1.54, 1.807) is 0 Å². The van der Waals surface area contributed by atoms with Crippen LogP contribution in [-0.2, 0) is 4.79 Å². The molecule has 12 heavy (non-hydrogen) atoms. The average Bonchev–Trinajstić information content (AvgIpc) is 2.41. The lowest BCUT2D eigenvalue weighted by Gasteiger charge is -2.55. The first-order chi connectivity index (χ1) is 5.66. The van der Waals surface area contributed by atoms with Crippen molar-refractivity contribution >= 4 is 5.78 Å². The zero-order valence-corrected chi connectivity index (χ0v) is 7.73. The average molecular weight is 164 g/mol. The lowest BCUT2D eigenvalue weighted by atomic mass is 9.47. The van der Waals surface area contributed by atoms with Crippen molar-refractivity contribution in [3.63, 3.8) is 0 Å². The molecular weight excluding hydrogens is 148 g/mol. The van der Waals surface area contributed by atoms with Crippen LogP contribution < -0.4 is 0 Å². The van der Waals surface area contributed by atoms with Crippen LogP contribution >= 0.6 is 0 Å². The molecule has 4 aliphatic carbocycles. The summed E-state index contributed by atoms with van der Waals surface area (Å²) >= 11 is 0. The van der Waals surface area contributed by atoms with E-state index in [1.165, 1.54) is 32.1 Å². The predicted molar refractivity (Wildman–Crippen MR) is 46.7 cm³/mol. The molecule has 0 N–H and O–H groups in total. The highest BCUT2D eigenvalue weighted by molar-refractivity contribution is 5.85. The quantitative estimate of drug-likeness (QED) is 0.537. The van der Waals surface area contributed by atoms with Crippen LogP contribution in [0.15, 0.2) is 0 Å². The molecule has 0 aliphatic heterocycles. The highest BCUT2D eigenvalue weighted by Crippen LogP contribution is 2.74. The minimum absolute atomic E-state index is 0.442. The molecular formula is C11H16O. The van der Waals surface area contributed by atoms with Crippen LogP contribution in [0.1, 0.15) is 45.4 Å². The van der Waals surface area contributed by atoms with Crippen LogP contribution in [0, 0.1) is 16.7 Å². The molecule has 2 bridgehead atoms. The van der Waals surface area contributed by atoms with Gasteiger partial charge >= 0.3 is 0 Å². The highest BCUT2D eigenvalue weighted by Gasteiger charge is 2.68. The lowest BCUT2D eigenvalue weighted by Crippen LogP contribution is -2.53. The van der Waals surface area contributed by atoms with Crippen molar-refractivity contribution in [2.75, 3.05) is 0 Å². The third-order valence-electron chi connectivity index (χ3n) is 4.68. The van der Waals surface area contributed by atoms with Gasteiger partial charge in [0, 0.05) is 12.3 Å². The Hall–Kier alpha value is -0.330. The van der Waals surface area contributed by atoms with Gasteiger partial charge in [0.1, 0.15) is 5.78 Å². The van der Waals surface area contributed by atoms with E-state index in [0.29, 0.717) is 22.5 Å². The van der Waals surface area contributed by atoms with Gasteiger partial charge in [0.05, 0.1) is 0 Å². The molecule has 4 fully saturated rings. The number of carbonyl (C=O) groups is 1.